The molecule has 0 radical (unpaired) electrons. The lowest BCUT2D eigenvalue weighted by Gasteiger charge is -2.26. The quantitative estimate of drug-likeness (QED) is 0.242. The second kappa shape index (κ2) is 17.5. The lowest BCUT2D eigenvalue weighted by molar-refractivity contribution is -0.111. The molecule has 0 aromatic rings. The number of carbonyl (C=O) groups excluding carboxylic acids is 1. The van der Waals surface area contributed by atoms with Gasteiger partial charge in [0.15, 0.2) is 5.12 Å². The molecule has 0 bridgehead atoms. The van der Waals surface area contributed by atoms with E-state index in [1.54, 1.807) is 0 Å². The van der Waals surface area contributed by atoms with Gasteiger partial charge in [0.1, 0.15) is 0 Å². The summed E-state index contributed by atoms with van der Waals surface area (Å²) in [7, 11) is -3.04. The van der Waals surface area contributed by atoms with Crippen LogP contribution in [0.1, 0.15) is 79.1 Å². The van der Waals surface area contributed by atoms with Crippen LogP contribution >= 0.6 is 11.8 Å². The first-order chi connectivity index (χ1) is 12.1. The van der Waals surface area contributed by atoms with E-state index in [0.29, 0.717) is 38.6 Å². The van der Waals surface area contributed by atoms with E-state index >= 15 is 0 Å². The van der Waals surface area contributed by atoms with Crippen molar-refractivity contribution in [2.24, 2.45) is 0 Å². The molecule has 0 aliphatic carbocycles. The van der Waals surface area contributed by atoms with Gasteiger partial charge >= 0.3 is 9.05 Å². The van der Waals surface area contributed by atoms with E-state index in [-0.39, 0.29) is 5.12 Å². The highest BCUT2D eigenvalue weighted by Crippen LogP contribution is 2.15. The van der Waals surface area contributed by atoms with Crippen LogP contribution in [0.15, 0.2) is 0 Å². The van der Waals surface area contributed by atoms with E-state index < -0.39 is 9.05 Å². The highest BCUT2D eigenvalue weighted by molar-refractivity contribution is 8.13. The normalized spacial score (nSPS) is 11.8. The minimum absolute atomic E-state index is 0.244. The molecule has 0 amide bonds. The van der Waals surface area contributed by atoms with E-state index in [2.05, 4.69) is 6.92 Å². The Morgan fingerprint density at radius 2 is 1.28 bits per heavy atom. The molecule has 0 N–H and O–H groups in total. The van der Waals surface area contributed by atoms with E-state index in [1.807, 2.05) is 20.8 Å². The molecule has 150 valence electrons. The smallest absolute Gasteiger partial charge is 0.351 e. The van der Waals surface area contributed by atoms with Gasteiger partial charge in [-0.05, 0) is 27.2 Å². The second-order valence-corrected chi connectivity index (χ2v) is 9.05. The summed E-state index contributed by atoms with van der Waals surface area (Å²) >= 11 is 1.33. The summed E-state index contributed by atoms with van der Waals surface area (Å²) in [5.41, 5.74) is 0. The monoisotopic (exact) mass is 394 g/mol. The lowest BCUT2D eigenvalue weighted by atomic mass is 10.1. The molecule has 0 aromatic heterocycles. The highest BCUT2D eigenvalue weighted by Gasteiger charge is 2.44. The van der Waals surface area contributed by atoms with Gasteiger partial charge in [-0.1, -0.05) is 57.2 Å². The van der Waals surface area contributed by atoms with Gasteiger partial charge in [-0.25, -0.2) is 0 Å². The van der Waals surface area contributed by atoms with Gasteiger partial charge in [0.05, 0.1) is 6.61 Å². The van der Waals surface area contributed by atoms with Crippen LogP contribution in [0.3, 0.4) is 0 Å². The van der Waals surface area contributed by atoms with Gasteiger partial charge in [0, 0.05) is 32.0 Å². The molecule has 0 aliphatic heterocycles. The van der Waals surface area contributed by atoms with E-state index in [1.165, 1.54) is 43.9 Å². The molecule has 0 spiro atoms. The highest BCUT2D eigenvalue weighted by atomic mass is 32.2. The molecular formula is C18H38O5SSi. The number of thioether (sulfide) groups is 1. The molecule has 0 rings (SSSR count). The maximum atomic E-state index is 11.9. The molecule has 0 saturated heterocycles. The van der Waals surface area contributed by atoms with Crippen molar-refractivity contribution in [2.45, 2.75) is 79.1 Å². The van der Waals surface area contributed by atoms with Gasteiger partial charge in [-0.3, -0.25) is 4.79 Å². The maximum absolute atomic E-state index is 11.9. The zero-order chi connectivity index (χ0) is 18.8. The van der Waals surface area contributed by atoms with Gasteiger partial charge < -0.3 is 17.7 Å². The average molecular weight is 395 g/mol. The van der Waals surface area contributed by atoms with Crippen LogP contribution in [0.25, 0.3) is 0 Å². The van der Waals surface area contributed by atoms with Gasteiger partial charge in [-0.2, -0.15) is 0 Å². The third-order valence-corrected chi connectivity index (χ3v) is 6.95. The van der Waals surface area contributed by atoms with E-state index in [0.717, 1.165) is 12.8 Å². The first-order valence-electron chi connectivity index (χ1n) is 9.85. The number of hydrogen-bond acceptors (Lipinski definition) is 6. The molecule has 0 saturated carbocycles. The average Bonchev–Trinajstić information content (AvgIpc) is 2.59. The third-order valence-electron chi connectivity index (χ3n) is 3.57. The molecule has 0 aliphatic rings. The van der Waals surface area contributed by atoms with Crippen molar-refractivity contribution in [3.8, 4) is 0 Å². The Balaban J connectivity index is 3.83. The Hall–Kier alpha value is 0.0769. The molecule has 0 unspecified atom stereocenters. The van der Waals surface area contributed by atoms with Crippen LogP contribution in [0.4, 0.5) is 0 Å². The van der Waals surface area contributed by atoms with Gasteiger partial charge in [0.25, 0.3) is 0 Å². The Labute approximate surface area is 160 Å². The molecule has 5 nitrogen and oxygen atoms in total. The summed E-state index contributed by atoms with van der Waals surface area (Å²) in [6.45, 7) is 9.75. The van der Waals surface area contributed by atoms with Crippen molar-refractivity contribution < 1.29 is 22.5 Å². The summed E-state index contributed by atoms with van der Waals surface area (Å²) in [6.07, 6.45) is 9.26. The lowest BCUT2D eigenvalue weighted by Crippen LogP contribution is -2.49. The molecule has 7 heteroatoms. The van der Waals surface area contributed by atoms with Gasteiger partial charge in [0.2, 0.25) is 0 Å². The zero-order valence-electron chi connectivity index (χ0n) is 16.6. The standard InChI is InChI=1S/C18H38O5SSi/c1-5-9-10-11-12-13-14-15-18(19)24-17-16-23-25(20-6-2,21-7-3)22-8-4/h5-17H2,1-4H3. The predicted molar refractivity (Wildman–Crippen MR) is 107 cm³/mol. The zero-order valence-corrected chi connectivity index (χ0v) is 18.5. The number of unbranched alkanes of at least 4 members (excludes halogenated alkanes) is 6. The molecule has 0 atom stereocenters. The third kappa shape index (κ3) is 13.9. The molecule has 0 fully saturated rings. The van der Waals surface area contributed by atoms with Crippen molar-refractivity contribution >= 4 is 25.9 Å². The summed E-state index contributed by atoms with van der Waals surface area (Å²) in [6, 6.07) is 0. The SMILES string of the molecule is CCCCCCCCCC(=O)SCCO[Si](OCC)(OCC)OCC. The summed E-state index contributed by atoms with van der Waals surface area (Å²) in [5.74, 6) is 0.608. The fourth-order valence-corrected chi connectivity index (χ4v) is 5.14. The van der Waals surface area contributed by atoms with Crippen molar-refractivity contribution in [1.29, 1.82) is 0 Å². The molecular weight excluding hydrogens is 356 g/mol. The molecule has 0 heterocycles. The first-order valence-corrected chi connectivity index (χ1v) is 12.5. The van der Waals surface area contributed by atoms with Crippen molar-refractivity contribution in [3.05, 3.63) is 0 Å². The van der Waals surface area contributed by atoms with Crippen LogP contribution in [0.5, 0.6) is 0 Å². The van der Waals surface area contributed by atoms with Crippen LogP contribution in [-0.2, 0) is 22.5 Å². The van der Waals surface area contributed by atoms with Crippen molar-refractivity contribution in [2.75, 3.05) is 32.2 Å². The summed E-state index contributed by atoms with van der Waals surface area (Å²) < 4.78 is 22.6. The van der Waals surface area contributed by atoms with Crippen LogP contribution in [0.2, 0.25) is 0 Å². The first kappa shape index (κ1) is 25.1. The number of hydrogen-bond donors (Lipinski definition) is 0. The Bertz CT molecular complexity index is 301. The summed E-state index contributed by atoms with van der Waals surface area (Å²) in [4.78, 5) is 11.9. The largest absolute Gasteiger partial charge is 0.679 e. The Morgan fingerprint density at radius 3 is 1.80 bits per heavy atom. The predicted octanol–water partition coefficient (Wildman–Crippen LogP) is 4.95. The molecule has 25 heavy (non-hydrogen) atoms. The van der Waals surface area contributed by atoms with Gasteiger partial charge in [-0.15, -0.1) is 0 Å². The maximum Gasteiger partial charge on any atom is 0.679 e. The number of carbonyl (C=O) groups is 1. The Kier molecular flexibility index (Phi) is 17.5. The van der Waals surface area contributed by atoms with Crippen molar-refractivity contribution in [1.82, 2.24) is 0 Å². The van der Waals surface area contributed by atoms with Crippen LogP contribution in [0, 0.1) is 0 Å². The van der Waals surface area contributed by atoms with E-state index in [9.17, 15) is 4.79 Å². The van der Waals surface area contributed by atoms with E-state index in [4.69, 9.17) is 17.7 Å². The van der Waals surface area contributed by atoms with Crippen LogP contribution in [-0.4, -0.2) is 46.3 Å². The fourth-order valence-electron chi connectivity index (χ4n) is 2.40. The molecule has 0 aromatic carbocycles. The fraction of sp³-hybridized carbons (Fsp3) is 0.944. The number of rotatable bonds is 18. The van der Waals surface area contributed by atoms with Crippen molar-refractivity contribution in [3.63, 3.8) is 0 Å². The minimum Gasteiger partial charge on any atom is -0.351 e. The Morgan fingerprint density at radius 1 is 0.760 bits per heavy atom. The minimum atomic E-state index is -3.04. The summed E-state index contributed by atoms with van der Waals surface area (Å²) in [5, 5.41) is 0.244. The van der Waals surface area contributed by atoms with Crippen LogP contribution < -0.4 is 0 Å². The topological polar surface area (TPSA) is 54.0 Å². The second-order valence-electron chi connectivity index (χ2n) is 5.74.